The Kier molecular flexibility index (Phi) is 1.78. The number of aromatic nitrogens is 1. The maximum atomic E-state index is 3.62. The Morgan fingerprint density at radius 3 is 2.26 bits per heavy atom. The Labute approximate surface area is 117 Å². The predicted molar refractivity (Wildman–Crippen MR) is 86.6 cm³/mol. The zero-order valence-electron chi connectivity index (χ0n) is 9.94. The Balaban J connectivity index is 2.12. The molecule has 0 radical (unpaired) electrons. The standard InChI is InChI=1S/C16H9NS2/c1-3-7-11-9(5-1)13-15-14(17-16(13)19-11)10-6-2-4-8-12(10)18-15/h1-8,17H. The second-order valence-electron chi connectivity index (χ2n) is 4.73. The molecule has 90 valence electrons. The van der Waals surface area contributed by atoms with Crippen LogP contribution in [-0.2, 0) is 0 Å². The highest BCUT2D eigenvalue weighted by molar-refractivity contribution is 7.30. The first-order valence-corrected chi connectivity index (χ1v) is 7.85. The molecule has 0 aliphatic heterocycles. The normalized spacial score (nSPS) is 12.2. The van der Waals surface area contributed by atoms with Gasteiger partial charge in [-0.2, -0.15) is 0 Å². The van der Waals surface area contributed by atoms with Crippen molar-refractivity contribution in [1.29, 1.82) is 0 Å². The van der Waals surface area contributed by atoms with Gasteiger partial charge >= 0.3 is 0 Å². The van der Waals surface area contributed by atoms with Gasteiger partial charge in [0.05, 0.1) is 10.2 Å². The summed E-state index contributed by atoms with van der Waals surface area (Å²) in [7, 11) is 0. The first-order valence-electron chi connectivity index (χ1n) is 6.22. The first kappa shape index (κ1) is 10.0. The van der Waals surface area contributed by atoms with E-state index in [1.54, 1.807) is 0 Å². The maximum Gasteiger partial charge on any atom is 0.103 e. The summed E-state index contributed by atoms with van der Waals surface area (Å²) in [6.45, 7) is 0. The molecule has 2 aromatic carbocycles. The molecule has 1 N–H and O–H groups in total. The minimum absolute atomic E-state index is 1.30. The van der Waals surface area contributed by atoms with E-state index >= 15 is 0 Å². The van der Waals surface area contributed by atoms with Gasteiger partial charge in [-0.05, 0) is 12.1 Å². The van der Waals surface area contributed by atoms with Crippen molar-refractivity contribution in [3.8, 4) is 0 Å². The van der Waals surface area contributed by atoms with Crippen LogP contribution < -0.4 is 0 Å². The highest BCUT2D eigenvalue weighted by Crippen LogP contribution is 2.44. The van der Waals surface area contributed by atoms with Crippen LogP contribution in [0.4, 0.5) is 0 Å². The SMILES string of the molecule is c1ccc2c(c1)sc1c2[nH]c2sc3ccccc3c21. The molecule has 0 atom stereocenters. The Morgan fingerprint density at radius 1 is 0.737 bits per heavy atom. The van der Waals surface area contributed by atoms with Gasteiger partial charge in [-0.25, -0.2) is 0 Å². The topological polar surface area (TPSA) is 15.8 Å². The van der Waals surface area contributed by atoms with Gasteiger partial charge in [0.2, 0.25) is 0 Å². The van der Waals surface area contributed by atoms with Crippen molar-refractivity contribution in [2.45, 2.75) is 0 Å². The molecule has 0 saturated heterocycles. The predicted octanol–water partition coefficient (Wildman–Crippen LogP) is 5.75. The van der Waals surface area contributed by atoms with Crippen molar-refractivity contribution in [1.82, 2.24) is 4.98 Å². The lowest BCUT2D eigenvalue weighted by Gasteiger charge is -1.87. The van der Waals surface area contributed by atoms with Gasteiger partial charge in [-0.15, -0.1) is 22.7 Å². The molecular formula is C16H9NS2. The maximum absolute atomic E-state index is 3.62. The van der Waals surface area contributed by atoms with Crippen LogP contribution in [0.5, 0.6) is 0 Å². The quantitative estimate of drug-likeness (QED) is 0.371. The van der Waals surface area contributed by atoms with Crippen LogP contribution in [0.1, 0.15) is 0 Å². The van der Waals surface area contributed by atoms with E-state index in [9.17, 15) is 0 Å². The number of rotatable bonds is 0. The molecule has 0 aliphatic carbocycles. The molecule has 0 fully saturated rings. The second kappa shape index (κ2) is 3.38. The van der Waals surface area contributed by atoms with Crippen LogP contribution >= 0.6 is 22.7 Å². The van der Waals surface area contributed by atoms with Crippen LogP contribution in [0.2, 0.25) is 0 Å². The number of aromatic amines is 1. The number of nitrogens with one attached hydrogen (secondary N) is 1. The van der Waals surface area contributed by atoms with Crippen molar-refractivity contribution in [2.24, 2.45) is 0 Å². The summed E-state index contributed by atoms with van der Waals surface area (Å²) >= 11 is 3.74. The summed E-state index contributed by atoms with van der Waals surface area (Å²) in [5.74, 6) is 0. The zero-order chi connectivity index (χ0) is 12.4. The van der Waals surface area contributed by atoms with Crippen molar-refractivity contribution < 1.29 is 0 Å². The van der Waals surface area contributed by atoms with Crippen LogP contribution in [0.25, 0.3) is 40.6 Å². The molecule has 19 heavy (non-hydrogen) atoms. The van der Waals surface area contributed by atoms with E-state index in [0.29, 0.717) is 0 Å². The smallest absolute Gasteiger partial charge is 0.103 e. The fraction of sp³-hybridized carbons (Fsp3) is 0. The third-order valence-electron chi connectivity index (χ3n) is 3.66. The minimum Gasteiger partial charge on any atom is -0.345 e. The first-order chi connectivity index (χ1) is 9.42. The van der Waals surface area contributed by atoms with E-state index in [0.717, 1.165) is 0 Å². The molecule has 0 spiro atoms. The average Bonchev–Trinajstić information content (AvgIpc) is 3.05. The number of hydrogen-bond acceptors (Lipinski definition) is 2. The number of H-pyrrole nitrogens is 1. The summed E-state index contributed by atoms with van der Waals surface area (Å²) in [5, 5.41) is 4.12. The van der Waals surface area contributed by atoms with Gasteiger partial charge in [0.25, 0.3) is 0 Å². The summed E-state index contributed by atoms with van der Waals surface area (Å²) in [6, 6.07) is 17.3. The lowest BCUT2D eigenvalue weighted by Crippen LogP contribution is -1.64. The fourth-order valence-electron chi connectivity index (χ4n) is 2.82. The third kappa shape index (κ3) is 1.19. The van der Waals surface area contributed by atoms with Gasteiger partial charge in [0.15, 0.2) is 0 Å². The van der Waals surface area contributed by atoms with Gasteiger partial charge in [-0.3, -0.25) is 0 Å². The molecule has 0 amide bonds. The number of hydrogen-bond donors (Lipinski definition) is 1. The Bertz CT molecular complexity index is 1060. The van der Waals surface area contributed by atoms with Crippen LogP contribution in [0, 0.1) is 0 Å². The second-order valence-corrected chi connectivity index (χ2v) is 6.83. The molecule has 0 saturated carbocycles. The fourth-order valence-corrected chi connectivity index (χ4v) is 5.22. The van der Waals surface area contributed by atoms with Gasteiger partial charge in [0.1, 0.15) is 4.83 Å². The molecule has 0 unspecified atom stereocenters. The molecule has 0 aliphatic rings. The van der Waals surface area contributed by atoms with E-state index in [-0.39, 0.29) is 0 Å². The molecule has 3 heterocycles. The number of benzene rings is 2. The van der Waals surface area contributed by atoms with E-state index in [2.05, 4.69) is 53.5 Å². The van der Waals surface area contributed by atoms with Crippen LogP contribution in [0.3, 0.4) is 0 Å². The van der Waals surface area contributed by atoms with Gasteiger partial charge < -0.3 is 4.98 Å². The van der Waals surface area contributed by atoms with Crippen molar-refractivity contribution >= 4 is 63.3 Å². The summed E-state index contributed by atoms with van der Waals surface area (Å²) in [4.78, 5) is 4.92. The van der Waals surface area contributed by atoms with Crippen molar-refractivity contribution in [2.75, 3.05) is 0 Å². The largest absolute Gasteiger partial charge is 0.345 e. The number of thiophene rings is 2. The van der Waals surface area contributed by atoms with Gasteiger partial charge in [0, 0.05) is 25.6 Å². The molecule has 3 aromatic heterocycles. The molecule has 1 nitrogen and oxygen atoms in total. The highest BCUT2D eigenvalue weighted by atomic mass is 32.1. The molecule has 5 rings (SSSR count). The molecule has 0 bridgehead atoms. The average molecular weight is 279 g/mol. The van der Waals surface area contributed by atoms with E-state index in [4.69, 9.17) is 0 Å². The summed E-state index contributed by atoms with van der Waals surface area (Å²) in [6.07, 6.45) is 0. The Hall–Kier alpha value is -1.84. The zero-order valence-corrected chi connectivity index (χ0v) is 11.6. The molecule has 3 heteroatoms. The van der Waals surface area contributed by atoms with E-state index < -0.39 is 0 Å². The van der Waals surface area contributed by atoms with E-state index in [1.165, 1.54) is 40.6 Å². The van der Waals surface area contributed by atoms with Crippen LogP contribution in [0.15, 0.2) is 48.5 Å². The van der Waals surface area contributed by atoms with E-state index in [1.807, 2.05) is 22.7 Å². The number of fused-ring (bicyclic) bond motifs is 7. The van der Waals surface area contributed by atoms with Crippen molar-refractivity contribution in [3.05, 3.63) is 48.5 Å². The monoisotopic (exact) mass is 279 g/mol. The third-order valence-corrected chi connectivity index (χ3v) is 5.93. The Morgan fingerprint density at radius 2 is 1.42 bits per heavy atom. The van der Waals surface area contributed by atoms with Gasteiger partial charge in [-0.1, -0.05) is 36.4 Å². The van der Waals surface area contributed by atoms with Crippen LogP contribution in [-0.4, -0.2) is 4.98 Å². The lowest BCUT2D eigenvalue weighted by atomic mass is 10.2. The molecule has 5 aromatic rings. The highest BCUT2D eigenvalue weighted by Gasteiger charge is 2.15. The lowest BCUT2D eigenvalue weighted by molar-refractivity contribution is 1.62. The van der Waals surface area contributed by atoms with Crippen molar-refractivity contribution in [3.63, 3.8) is 0 Å². The summed E-state index contributed by atoms with van der Waals surface area (Å²) in [5.41, 5.74) is 1.30. The summed E-state index contributed by atoms with van der Waals surface area (Å²) < 4.78 is 4.12. The molecular weight excluding hydrogens is 270 g/mol. The minimum atomic E-state index is 1.30.